The monoisotopic (exact) mass is 452 g/mol. The summed E-state index contributed by atoms with van der Waals surface area (Å²) in [5.74, 6) is 0.687. The fourth-order valence-corrected chi connectivity index (χ4v) is 5.24. The molecule has 3 heterocycles. The number of hydrogen-bond acceptors (Lipinski definition) is 5. The molecule has 0 aliphatic carbocycles. The second kappa shape index (κ2) is 8.04. The largest absolute Gasteiger partial charge is 0.495 e. The number of methoxy groups -OCH3 is 1. The molecule has 0 saturated carbocycles. The van der Waals surface area contributed by atoms with Crippen LogP contribution in [-0.4, -0.2) is 36.0 Å². The molecule has 0 bridgehead atoms. The summed E-state index contributed by atoms with van der Waals surface area (Å²) in [6.07, 6.45) is 2.23. The van der Waals surface area contributed by atoms with E-state index in [1.165, 1.54) is 11.3 Å². The number of rotatable bonds is 4. The van der Waals surface area contributed by atoms with Crippen LogP contribution in [0.4, 0.5) is 5.69 Å². The Morgan fingerprint density at radius 2 is 1.94 bits per heavy atom. The molecule has 5 nitrogen and oxygen atoms in total. The predicted octanol–water partition coefficient (Wildman–Crippen LogP) is 4.95. The smallest absolute Gasteiger partial charge is 0.273 e. The molecule has 4 aromatic rings. The van der Waals surface area contributed by atoms with Gasteiger partial charge < -0.3 is 14.7 Å². The van der Waals surface area contributed by atoms with E-state index in [4.69, 9.17) is 16.3 Å². The maximum atomic E-state index is 13.3. The standard InChI is InChI=1S/C24H21ClN2O3S/c1-30-21-13-18(6-7-20(21)26-10-9-19(28)14-26)27-11-8-16-12-22(31-23(16)24(27)29)15-2-4-17(25)5-3-15/h2-8,11-13,19,28H,9-10,14H2,1H3. The van der Waals surface area contributed by atoms with Crippen LogP contribution < -0.4 is 15.2 Å². The van der Waals surface area contributed by atoms with E-state index in [0.717, 1.165) is 40.2 Å². The van der Waals surface area contributed by atoms with Crippen molar-refractivity contribution in [3.63, 3.8) is 0 Å². The Bertz CT molecular complexity index is 1310. The minimum atomic E-state index is -0.317. The van der Waals surface area contributed by atoms with E-state index in [-0.39, 0.29) is 11.7 Å². The number of thiophene rings is 1. The maximum absolute atomic E-state index is 13.3. The lowest BCUT2D eigenvalue weighted by atomic mass is 10.2. The fraction of sp³-hybridized carbons (Fsp3) is 0.208. The zero-order valence-corrected chi connectivity index (χ0v) is 18.5. The number of nitrogens with zero attached hydrogens (tertiary/aromatic N) is 2. The Balaban J connectivity index is 1.55. The molecule has 1 aliphatic rings. The Morgan fingerprint density at radius 1 is 1.13 bits per heavy atom. The summed E-state index contributed by atoms with van der Waals surface area (Å²) >= 11 is 7.48. The van der Waals surface area contributed by atoms with E-state index < -0.39 is 0 Å². The van der Waals surface area contributed by atoms with Crippen LogP contribution in [0, 0.1) is 0 Å². The van der Waals surface area contributed by atoms with Crippen LogP contribution in [0.2, 0.25) is 5.02 Å². The van der Waals surface area contributed by atoms with Gasteiger partial charge in [-0.25, -0.2) is 0 Å². The molecule has 158 valence electrons. The summed E-state index contributed by atoms with van der Waals surface area (Å²) < 4.78 is 7.96. The first-order chi connectivity index (χ1) is 15.0. The van der Waals surface area contributed by atoms with Gasteiger partial charge in [0.2, 0.25) is 0 Å². The van der Waals surface area contributed by atoms with Crippen molar-refractivity contribution in [2.45, 2.75) is 12.5 Å². The van der Waals surface area contributed by atoms with Gasteiger partial charge in [-0.1, -0.05) is 23.7 Å². The lowest BCUT2D eigenvalue weighted by Crippen LogP contribution is -2.22. The van der Waals surface area contributed by atoms with Gasteiger partial charge in [-0.2, -0.15) is 0 Å². The van der Waals surface area contributed by atoms with Gasteiger partial charge in [0.1, 0.15) is 10.4 Å². The highest BCUT2D eigenvalue weighted by atomic mass is 35.5. The lowest BCUT2D eigenvalue weighted by Gasteiger charge is -2.21. The molecule has 1 N–H and O–H groups in total. The zero-order chi connectivity index (χ0) is 21.5. The summed E-state index contributed by atoms with van der Waals surface area (Å²) in [6.45, 7) is 1.37. The summed E-state index contributed by atoms with van der Waals surface area (Å²) in [4.78, 5) is 16.4. The van der Waals surface area contributed by atoms with Crippen molar-refractivity contribution in [3.05, 3.63) is 76.2 Å². The van der Waals surface area contributed by atoms with E-state index in [0.29, 0.717) is 22.0 Å². The lowest BCUT2D eigenvalue weighted by molar-refractivity contribution is 0.198. The molecular weight excluding hydrogens is 432 g/mol. The SMILES string of the molecule is COc1cc(-n2ccc3cc(-c4ccc(Cl)cc4)sc3c2=O)ccc1N1CCC(O)C1. The average molecular weight is 453 g/mol. The van der Waals surface area contributed by atoms with Gasteiger partial charge in [0, 0.05) is 40.6 Å². The van der Waals surface area contributed by atoms with Gasteiger partial charge in [-0.3, -0.25) is 9.36 Å². The normalized spacial score (nSPS) is 16.2. The van der Waals surface area contributed by atoms with E-state index in [9.17, 15) is 9.90 Å². The maximum Gasteiger partial charge on any atom is 0.273 e. The number of fused-ring (bicyclic) bond motifs is 1. The van der Waals surface area contributed by atoms with Gasteiger partial charge in [0.15, 0.2) is 0 Å². The number of pyridine rings is 1. The zero-order valence-electron chi connectivity index (χ0n) is 16.9. The molecule has 1 saturated heterocycles. The van der Waals surface area contributed by atoms with Crippen molar-refractivity contribution in [1.29, 1.82) is 0 Å². The van der Waals surface area contributed by atoms with Gasteiger partial charge in [0.25, 0.3) is 5.56 Å². The number of halogens is 1. The van der Waals surface area contributed by atoms with Crippen LogP contribution in [0.25, 0.3) is 26.2 Å². The molecule has 1 aliphatic heterocycles. The van der Waals surface area contributed by atoms with Crippen molar-refractivity contribution in [1.82, 2.24) is 4.57 Å². The fourth-order valence-electron chi connectivity index (χ4n) is 4.03. The number of hydrogen-bond donors (Lipinski definition) is 1. The molecule has 0 spiro atoms. The molecule has 1 fully saturated rings. The van der Waals surface area contributed by atoms with Crippen LogP contribution in [0.1, 0.15) is 6.42 Å². The topological polar surface area (TPSA) is 54.7 Å². The van der Waals surface area contributed by atoms with Gasteiger partial charge >= 0.3 is 0 Å². The van der Waals surface area contributed by atoms with Crippen LogP contribution in [0.5, 0.6) is 5.75 Å². The molecule has 7 heteroatoms. The third-order valence-electron chi connectivity index (χ3n) is 5.65. The number of aliphatic hydroxyl groups excluding tert-OH is 1. The quantitative estimate of drug-likeness (QED) is 0.476. The third kappa shape index (κ3) is 3.71. The molecule has 0 radical (unpaired) electrons. The second-order valence-corrected chi connectivity index (χ2v) is 9.13. The Kier molecular flexibility index (Phi) is 5.22. The number of aromatic nitrogens is 1. The first kappa shape index (κ1) is 20.1. The summed E-state index contributed by atoms with van der Waals surface area (Å²) in [5.41, 5.74) is 2.65. The van der Waals surface area contributed by atoms with E-state index >= 15 is 0 Å². The Labute approximate surface area is 188 Å². The predicted molar refractivity (Wildman–Crippen MR) is 127 cm³/mol. The number of anilines is 1. The molecular formula is C24H21ClN2O3S. The number of ether oxygens (including phenoxy) is 1. The Hall–Kier alpha value is -2.80. The van der Waals surface area contributed by atoms with Crippen LogP contribution in [0.15, 0.2) is 65.6 Å². The number of β-amino-alcohol motifs (C(OH)–C–C–N with tert-alkyl or cyclic N) is 1. The highest BCUT2D eigenvalue weighted by Crippen LogP contribution is 2.34. The van der Waals surface area contributed by atoms with Gasteiger partial charge in [0.05, 0.1) is 24.6 Å². The molecule has 31 heavy (non-hydrogen) atoms. The van der Waals surface area contributed by atoms with Crippen molar-refractivity contribution in [3.8, 4) is 21.9 Å². The first-order valence-corrected chi connectivity index (χ1v) is 11.3. The van der Waals surface area contributed by atoms with Crippen molar-refractivity contribution in [2.24, 2.45) is 0 Å². The summed E-state index contributed by atoms with van der Waals surface area (Å²) in [6, 6.07) is 17.4. The van der Waals surface area contributed by atoms with Crippen molar-refractivity contribution in [2.75, 3.05) is 25.1 Å². The van der Waals surface area contributed by atoms with Crippen molar-refractivity contribution < 1.29 is 9.84 Å². The first-order valence-electron chi connectivity index (χ1n) is 10.1. The molecule has 5 rings (SSSR count). The second-order valence-electron chi connectivity index (χ2n) is 7.64. The van der Waals surface area contributed by atoms with E-state index in [2.05, 4.69) is 4.90 Å². The van der Waals surface area contributed by atoms with Crippen LogP contribution in [0.3, 0.4) is 0 Å². The number of aliphatic hydroxyl groups is 1. The van der Waals surface area contributed by atoms with Crippen LogP contribution in [-0.2, 0) is 0 Å². The molecule has 1 atom stereocenters. The van der Waals surface area contributed by atoms with Crippen LogP contribution >= 0.6 is 22.9 Å². The third-order valence-corrected chi connectivity index (χ3v) is 7.09. The molecule has 2 aromatic heterocycles. The Morgan fingerprint density at radius 3 is 2.65 bits per heavy atom. The highest BCUT2D eigenvalue weighted by Gasteiger charge is 2.23. The molecule has 1 unspecified atom stereocenters. The summed E-state index contributed by atoms with van der Waals surface area (Å²) in [5, 5.41) is 11.5. The average Bonchev–Trinajstić information content (AvgIpc) is 3.41. The minimum Gasteiger partial charge on any atom is -0.495 e. The van der Waals surface area contributed by atoms with E-state index in [1.807, 2.05) is 54.6 Å². The number of benzene rings is 2. The summed E-state index contributed by atoms with van der Waals surface area (Å²) in [7, 11) is 1.62. The molecule has 0 amide bonds. The highest BCUT2D eigenvalue weighted by molar-refractivity contribution is 7.22. The van der Waals surface area contributed by atoms with E-state index in [1.54, 1.807) is 17.9 Å². The van der Waals surface area contributed by atoms with Gasteiger partial charge in [-0.05, 0) is 48.4 Å². The van der Waals surface area contributed by atoms with Gasteiger partial charge in [-0.15, -0.1) is 11.3 Å². The van der Waals surface area contributed by atoms with Crippen molar-refractivity contribution >= 4 is 38.7 Å². The molecule has 2 aromatic carbocycles. The minimum absolute atomic E-state index is 0.0610.